The van der Waals surface area contributed by atoms with E-state index < -0.39 is 0 Å². The third kappa shape index (κ3) is 5.29. The van der Waals surface area contributed by atoms with Crippen molar-refractivity contribution in [3.63, 3.8) is 0 Å². The van der Waals surface area contributed by atoms with Crippen LogP contribution >= 0.6 is 0 Å². The fourth-order valence-electron chi connectivity index (χ4n) is 3.39. The molecule has 7 heteroatoms. The molecule has 0 unspecified atom stereocenters. The van der Waals surface area contributed by atoms with Crippen molar-refractivity contribution in [3.8, 4) is 5.69 Å². The Morgan fingerprint density at radius 1 is 1.22 bits per heavy atom. The van der Waals surface area contributed by atoms with Crippen LogP contribution in [0.25, 0.3) is 5.69 Å². The lowest BCUT2D eigenvalue weighted by molar-refractivity contribution is 0.167. The Kier molecular flexibility index (Phi) is 6.81. The fourth-order valence-corrected chi connectivity index (χ4v) is 3.39. The van der Waals surface area contributed by atoms with Crippen LogP contribution in [0.5, 0.6) is 0 Å². The minimum Gasteiger partial charge on any atom is -0.357 e. The molecule has 0 aliphatic carbocycles. The number of guanidine groups is 1. The Bertz CT molecular complexity index is 715. The molecule has 27 heavy (non-hydrogen) atoms. The standard InChI is InChI=1S/C20H31N7/c1-4-21-20(24-17-10-12-26(13-11-17)16(2)3)22-14-19-25-23-15-27(19)18-8-6-5-7-9-18/h5-9,15-17H,4,10-14H2,1-3H3,(H2,21,22,24). The zero-order chi connectivity index (χ0) is 19.1. The van der Waals surface area contributed by atoms with E-state index in [1.807, 2.05) is 34.9 Å². The first-order valence-corrected chi connectivity index (χ1v) is 9.90. The molecule has 3 rings (SSSR count). The van der Waals surface area contributed by atoms with Crippen molar-refractivity contribution in [2.24, 2.45) is 4.99 Å². The number of para-hydroxylation sites is 1. The lowest BCUT2D eigenvalue weighted by Gasteiger charge is -2.35. The summed E-state index contributed by atoms with van der Waals surface area (Å²) >= 11 is 0. The number of likely N-dealkylation sites (tertiary alicyclic amines) is 1. The average molecular weight is 370 g/mol. The Hall–Kier alpha value is -2.41. The molecule has 1 aliphatic rings. The molecule has 0 spiro atoms. The Morgan fingerprint density at radius 2 is 1.96 bits per heavy atom. The molecule has 1 aromatic carbocycles. The first-order valence-electron chi connectivity index (χ1n) is 9.90. The number of nitrogens with zero attached hydrogens (tertiary/aromatic N) is 5. The smallest absolute Gasteiger partial charge is 0.191 e. The third-order valence-electron chi connectivity index (χ3n) is 4.98. The summed E-state index contributed by atoms with van der Waals surface area (Å²) in [6, 6.07) is 11.2. The lowest BCUT2D eigenvalue weighted by Crippen LogP contribution is -2.49. The summed E-state index contributed by atoms with van der Waals surface area (Å²) in [6.45, 7) is 10.2. The van der Waals surface area contributed by atoms with Gasteiger partial charge in [0.1, 0.15) is 12.9 Å². The van der Waals surface area contributed by atoms with Crippen molar-refractivity contribution in [2.45, 2.75) is 52.2 Å². The second-order valence-electron chi connectivity index (χ2n) is 7.20. The number of piperidine rings is 1. The highest BCUT2D eigenvalue weighted by molar-refractivity contribution is 5.80. The summed E-state index contributed by atoms with van der Waals surface area (Å²) < 4.78 is 1.98. The van der Waals surface area contributed by atoms with Gasteiger partial charge in [0.2, 0.25) is 0 Å². The van der Waals surface area contributed by atoms with E-state index in [-0.39, 0.29) is 0 Å². The Labute approximate surface area is 161 Å². The van der Waals surface area contributed by atoms with Gasteiger partial charge in [0.25, 0.3) is 0 Å². The third-order valence-corrected chi connectivity index (χ3v) is 4.98. The molecule has 0 bridgehead atoms. The van der Waals surface area contributed by atoms with E-state index in [1.165, 1.54) is 0 Å². The predicted molar refractivity (Wildman–Crippen MR) is 109 cm³/mol. The van der Waals surface area contributed by atoms with E-state index in [1.54, 1.807) is 6.33 Å². The van der Waals surface area contributed by atoms with Crippen molar-refractivity contribution in [1.29, 1.82) is 0 Å². The van der Waals surface area contributed by atoms with Crippen LogP contribution in [0.1, 0.15) is 39.4 Å². The normalized spacial score (nSPS) is 16.7. The summed E-state index contributed by atoms with van der Waals surface area (Å²) in [7, 11) is 0. The average Bonchev–Trinajstić information content (AvgIpc) is 3.16. The molecule has 1 saturated heterocycles. The molecule has 0 radical (unpaired) electrons. The van der Waals surface area contributed by atoms with Gasteiger partial charge < -0.3 is 15.5 Å². The minimum absolute atomic E-state index is 0.463. The number of nitrogens with one attached hydrogen (secondary N) is 2. The van der Waals surface area contributed by atoms with Crippen molar-refractivity contribution in [3.05, 3.63) is 42.5 Å². The molecule has 2 heterocycles. The topological polar surface area (TPSA) is 70.4 Å². The van der Waals surface area contributed by atoms with E-state index in [0.717, 1.165) is 49.9 Å². The van der Waals surface area contributed by atoms with Crippen LogP contribution < -0.4 is 10.6 Å². The Balaban J connectivity index is 1.63. The first kappa shape index (κ1) is 19.4. The van der Waals surface area contributed by atoms with Crippen LogP contribution in [-0.2, 0) is 6.54 Å². The van der Waals surface area contributed by atoms with E-state index >= 15 is 0 Å². The summed E-state index contributed by atoms with van der Waals surface area (Å²) in [5.74, 6) is 1.68. The van der Waals surface area contributed by atoms with E-state index in [0.29, 0.717) is 18.6 Å². The molecule has 1 aliphatic heterocycles. The predicted octanol–water partition coefficient (Wildman–Crippen LogP) is 2.20. The van der Waals surface area contributed by atoms with E-state index in [2.05, 4.69) is 46.5 Å². The molecule has 7 nitrogen and oxygen atoms in total. The van der Waals surface area contributed by atoms with Gasteiger partial charge in [-0.3, -0.25) is 4.57 Å². The maximum atomic E-state index is 4.75. The number of hydrogen-bond donors (Lipinski definition) is 2. The van der Waals surface area contributed by atoms with Gasteiger partial charge in [-0.15, -0.1) is 10.2 Å². The molecule has 0 saturated carbocycles. The van der Waals surface area contributed by atoms with Crippen molar-refractivity contribution in [2.75, 3.05) is 19.6 Å². The quantitative estimate of drug-likeness (QED) is 0.603. The van der Waals surface area contributed by atoms with Crippen molar-refractivity contribution >= 4 is 5.96 Å². The zero-order valence-corrected chi connectivity index (χ0v) is 16.6. The summed E-state index contributed by atoms with van der Waals surface area (Å²) in [6.07, 6.45) is 4.02. The highest BCUT2D eigenvalue weighted by Gasteiger charge is 2.21. The maximum absolute atomic E-state index is 4.75. The molecule has 2 N–H and O–H groups in total. The molecule has 1 fully saturated rings. The van der Waals surface area contributed by atoms with Crippen molar-refractivity contribution in [1.82, 2.24) is 30.3 Å². The number of benzene rings is 1. The summed E-state index contributed by atoms with van der Waals surface area (Å²) in [5, 5.41) is 15.3. The second-order valence-corrected chi connectivity index (χ2v) is 7.20. The van der Waals surface area contributed by atoms with Gasteiger partial charge in [-0.05, 0) is 45.7 Å². The Morgan fingerprint density at radius 3 is 2.63 bits per heavy atom. The number of aliphatic imine (C=N–C) groups is 1. The number of aromatic nitrogens is 3. The van der Waals surface area contributed by atoms with Gasteiger partial charge in [-0.1, -0.05) is 18.2 Å². The monoisotopic (exact) mass is 369 g/mol. The summed E-state index contributed by atoms with van der Waals surface area (Å²) in [4.78, 5) is 7.28. The minimum atomic E-state index is 0.463. The second kappa shape index (κ2) is 9.50. The van der Waals surface area contributed by atoms with Crippen LogP contribution in [-0.4, -0.2) is 57.3 Å². The molecule has 146 valence electrons. The van der Waals surface area contributed by atoms with Gasteiger partial charge in [-0.2, -0.15) is 0 Å². The highest BCUT2D eigenvalue weighted by atomic mass is 15.3. The molecular weight excluding hydrogens is 338 g/mol. The molecule has 2 aromatic rings. The van der Waals surface area contributed by atoms with Crippen LogP contribution in [0.3, 0.4) is 0 Å². The fraction of sp³-hybridized carbons (Fsp3) is 0.550. The molecule has 0 atom stereocenters. The molecule has 1 aromatic heterocycles. The SMILES string of the molecule is CCNC(=NCc1nncn1-c1ccccc1)NC1CCN(C(C)C)CC1. The van der Waals surface area contributed by atoms with E-state index in [9.17, 15) is 0 Å². The summed E-state index contributed by atoms with van der Waals surface area (Å²) in [5.41, 5.74) is 1.05. The molecule has 0 amide bonds. The van der Waals surface area contributed by atoms with Crippen LogP contribution in [0.2, 0.25) is 0 Å². The first-order chi connectivity index (χ1) is 13.2. The zero-order valence-electron chi connectivity index (χ0n) is 16.6. The largest absolute Gasteiger partial charge is 0.357 e. The van der Waals surface area contributed by atoms with Crippen LogP contribution in [0.4, 0.5) is 0 Å². The number of rotatable bonds is 6. The van der Waals surface area contributed by atoms with Gasteiger partial charge in [-0.25, -0.2) is 4.99 Å². The van der Waals surface area contributed by atoms with Crippen molar-refractivity contribution < 1.29 is 0 Å². The van der Waals surface area contributed by atoms with Gasteiger partial charge in [0.15, 0.2) is 11.8 Å². The van der Waals surface area contributed by atoms with E-state index in [4.69, 9.17) is 4.99 Å². The van der Waals surface area contributed by atoms with Crippen LogP contribution in [0.15, 0.2) is 41.7 Å². The lowest BCUT2D eigenvalue weighted by atomic mass is 10.0. The van der Waals surface area contributed by atoms with Crippen LogP contribution in [0, 0.1) is 0 Å². The molecular formula is C20H31N7. The highest BCUT2D eigenvalue weighted by Crippen LogP contribution is 2.13. The number of hydrogen-bond acceptors (Lipinski definition) is 4. The maximum Gasteiger partial charge on any atom is 0.191 e. The van der Waals surface area contributed by atoms with Gasteiger partial charge in [0, 0.05) is 37.4 Å². The van der Waals surface area contributed by atoms with Gasteiger partial charge in [0.05, 0.1) is 0 Å². The van der Waals surface area contributed by atoms with Gasteiger partial charge >= 0.3 is 0 Å².